The van der Waals surface area contributed by atoms with Crippen LogP contribution in [0, 0.1) is 45.6 Å². The summed E-state index contributed by atoms with van der Waals surface area (Å²) < 4.78 is 10.9. The molecule has 1 saturated heterocycles. The molecule has 2 saturated carbocycles. The van der Waals surface area contributed by atoms with Crippen LogP contribution < -0.4 is 9.64 Å². The number of ether oxygens (including phenoxy) is 2. The van der Waals surface area contributed by atoms with Gasteiger partial charge in [-0.2, -0.15) is 0 Å². The van der Waals surface area contributed by atoms with Crippen LogP contribution >= 0.6 is 11.6 Å². The summed E-state index contributed by atoms with van der Waals surface area (Å²) in [4.78, 5) is 64.9. The average molecular weight is 599 g/mol. The van der Waals surface area contributed by atoms with Gasteiger partial charge < -0.3 is 9.47 Å². The lowest BCUT2D eigenvalue weighted by Gasteiger charge is -2.37. The molecule has 2 amide bonds. The van der Waals surface area contributed by atoms with Crippen LogP contribution in [0.5, 0.6) is 11.5 Å². The highest BCUT2D eigenvalue weighted by molar-refractivity contribution is 6.32. The van der Waals surface area contributed by atoms with Gasteiger partial charge in [0.05, 0.1) is 33.0 Å². The number of nitro groups is 1. The van der Waals surface area contributed by atoms with Gasteiger partial charge in [-0.1, -0.05) is 42.0 Å². The summed E-state index contributed by atoms with van der Waals surface area (Å²) in [7, 11) is 0. The summed E-state index contributed by atoms with van der Waals surface area (Å²) >= 11 is 6.07. The molecule has 3 fully saturated rings. The number of imide groups is 1. The monoisotopic (exact) mass is 598 g/mol. The highest BCUT2D eigenvalue weighted by Crippen LogP contribution is 2.65. The van der Waals surface area contributed by atoms with Gasteiger partial charge in [0.1, 0.15) is 5.75 Å². The van der Waals surface area contributed by atoms with E-state index in [0.717, 1.165) is 11.3 Å². The molecule has 1 heterocycles. The minimum absolute atomic E-state index is 0.0196. The molecule has 0 radical (unpaired) electrons. The van der Waals surface area contributed by atoms with Crippen molar-refractivity contribution in [2.45, 2.75) is 6.42 Å². The third kappa shape index (κ3) is 4.40. The maximum Gasteiger partial charge on any atom is 0.340 e. The molecule has 0 unspecified atom stereocenters. The Hall–Kier alpha value is -4.83. The molecule has 2 bridgehead atoms. The smallest absolute Gasteiger partial charge is 0.340 e. The van der Waals surface area contributed by atoms with Crippen LogP contribution in [0.1, 0.15) is 27.1 Å². The van der Waals surface area contributed by atoms with Crippen molar-refractivity contribution in [1.29, 1.82) is 0 Å². The molecule has 1 aliphatic heterocycles. The maximum atomic E-state index is 13.6. The average Bonchev–Trinajstić information content (AvgIpc) is 3.79. The topological polar surface area (TPSA) is 133 Å². The Labute approximate surface area is 250 Å². The van der Waals surface area contributed by atoms with Gasteiger partial charge >= 0.3 is 11.7 Å². The Kier molecular flexibility index (Phi) is 6.39. The van der Waals surface area contributed by atoms with Gasteiger partial charge in [0.2, 0.25) is 17.6 Å². The molecule has 5 aliphatic rings. The van der Waals surface area contributed by atoms with Gasteiger partial charge in [0.25, 0.3) is 0 Å². The predicted molar refractivity (Wildman–Crippen MR) is 153 cm³/mol. The van der Waals surface area contributed by atoms with Crippen molar-refractivity contribution in [2.75, 3.05) is 11.5 Å². The Bertz CT molecular complexity index is 1720. The first-order valence-electron chi connectivity index (χ1n) is 13.8. The second-order valence-electron chi connectivity index (χ2n) is 11.2. The number of anilines is 1. The zero-order valence-electron chi connectivity index (χ0n) is 22.4. The number of ketones is 1. The van der Waals surface area contributed by atoms with Crippen LogP contribution in [-0.2, 0) is 14.3 Å². The van der Waals surface area contributed by atoms with Crippen LogP contribution in [0.25, 0.3) is 0 Å². The number of benzene rings is 3. The lowest BCUT2D eigenvalue weighted by Crippen LogP contribution is -2.40. The molecule has 6 atom stereocenters. The third-order valence-electron chi connectivity index (χ3n) is 8.90. The van der Waals surface area contributed by atoms with E-state index in [1.165, 1.54) is 48.5 Å². The van der Waals surface area contributed by atoms with E-state index in [4.69, 9.17) is 21.1 Å². The van der Waals surface area contributed by atoms with E-state index in [1.54, 1.807) is 18.2 Å². The first kappa shape index (κ1) is 27.0. The molecule has 0 N–H and O–H groups in total. The molecule has 0 spiro atoms. The second-order valence-corrected chi connectivity index (χ2v) is 11.6. The molecule has 11 heteroatoms. The number of amides is 2. The Morgan fingerprint density at radius 1 is 0.907 bits per heavy atom. The van der Waals surface area contributed by atoms with E-state index in [-0.39, 0.29) is 62.7 Å². The van der Waals surface area contributed by atoms with E-state index in [2.05, 4.69) is 12.2 Å². The zero-order chi connectivity index (χ0) is 30.0. The Morgan fingerprint density at radius 3 is 2.21 bits per heavy atom. The van der Waals surface area contributed by atoms with Crippen molar-refractivity contribution < 1.29 is 33.6 Å². The van der Waals surface area contributed by atoms with Crippen molar-refractivity contribution in [3.63, 3.8) is 0 Å². The number of carbonyl (C=O) groups is 4. The van der Waals surface area contributed by atoms with Crippen molar-refractivity contribution in [1.82, 2.24) is 0 Å². The third-order valence-corrected chi connectivity index (χ3v) is 9.20. The first-order chi connectivity index (χ1) is 20.7. The molecule has 216 valence electrons. The van der Waals surface area contributed by atoms with Gasteiger partial charge in [0, 0.05) is 11.6 Å². The van der Waals surface area contributed by atoms with E-state index in [9.17, 15) is 29.3 Å². The Balaban J connectivity index is 1.03. The summed E-state index contributed by atoms with van der Waals surface area (Å²) in [5.41, 5.74) is 0.0768. The lowest BCUT2D eigenvalue weighted by molar-refractivity contribution is -0.385. The normalized spacial score (nSPS) is 26.1. The van der Waals surface area contributed by atoms with Crippen LogP contribution in [0.4, 0.5) is 11.4 Å². The SMILES string of the molecule is O=C(COC(=O)c1ccccc1N1C(=O)[C@@H]2[C@H]3C=C[C@@H]([C@@H]4C[C@@H]34)[C@H]2C1=O)c1ccc(Oc2c(Cl)cccc2[N+](=O)[O-])cc1. The standard InChI is InChI=1S/C32H23ClN2O8/c33-23-5-3-7-25(35(40)41)29(23)43-17-10-8-16(9-11-17)26(36)15-42-32(39)20-4-1-2-6-24(20)34-30(37)27-18-12-13-19(22-14-21(18)22)28(27)31(34)38/h1-13,18-19,21-22,27-28H,14-15H2/t18-,19-,21-,22-,27+,28+/m0/s1. The van der Waals surface area contributed by atoms with E-state index >= 15 is 0 Å². The molecule has 3 aromatic carbocycles. The van der Waals surface area contributed by atoms with Crippen LogP contribution in [-0.4, -0.2) is 35.1 Å². The minimum Gasteiger partial charge on any atom is -0.454 e. The van der Waals surface area contributed by atoms with Crippen molar-refractivity contribution in [3.05, 3.63) is 105 Å². The van der Waals surface area contributed by atoms with E-state index in [0.29, 0.717) is 11.8 Å². The second kappa shape index (κ2) is 10.2. The molecule has 8 rings (SSSR count). The number of nitrogens with zero attached hydrogens (tertiary/aromatic N) is 2. The van der Waals surface area contributed by atoms with Crippen LogP contribution in [0.3, 0.4) is 0 Å². The molecular weight excluding hydrogens is 576 g/mol. The zero-order valence-corrected chi connectivity index (χ0v) is 23.2. The fraction of sp³-hybridized carbons (Fsp3) is 0.250. The first-order valence-corrected chi connectivity index (χ1v) is 14.2. The maximum absolute atomic E-state index is 13.6. The van der Waals surface area contributed by atoms with Gasteiger partial charge in [-0.05, 0) is 72.6 Å². The van der Waals surface area contributed by atoms with E-state index in [1.807, 2.05) is 0 Å². The molecule has 43 heavy (non-hydrogen) atoms. The largest absolute Gasteiger partial charge is 0.454 e. The Morgan fingerprint density at radius 2 is 1.56 bits per heavy atom. The number of halogens is 1. The quantitative estimate of drug-likeness (QED) is 0.0812. The summed E-state index contributed by atoms with van der Waals surface area (Å²) in [6.07, 6.45) is 5.21. The van der Waals surface area contributed by atoms with Gasteiger partial charge in [-0.15, -0.1) is 0 Å². The molecule has 3 aromatic rings. The number of carbonyl (C=O) groups excluding carboxylic acids is 4. The number of allylic oxidation sites excluding steroid dienone is 2. The van der Waals surface area contributed by atoms with Crippen molar-refractivity contribution in [3.8, 4) is 11.5 Å². The van der Waals surface area contributed by atoms with Gasteiger partial charge in [0.15, 0.2) is 12.4 Å². The fourth-order valence-corrected chi connectivity index (χ4v) is 7.10. The highest BCUT2D eigenvalue weighted by atomic mass is 35.5. The van der Waals surface area contributed by atoms with Crippen molar-refractivity contribution in [2.24, 2.45) is 35.5 Å². The van der Waals surface area contributed by atoms with Crippen molar-refractivity contribution >= 4 is 46.5 Å². The number of hydrogen-bond donors (Lipinski definition) is 0. The molecule has 10 nitrogen and oxygen atoms in total. The molecule has 4 aliphatic carbocycles. The highest BCUT2D eigenvalue weighted by Gasteiger charge is 2.67. The number of hydrogen-bond acceptors (Lipinski definition) is 8. The van der Waals surface area contributed by atoms with E-state index < -0.39 is 35.1 Å². The number of esters is 1. The van der Waals surface area contributed by atoms with Crippen LogP contribution in [0.15, 0.2) is 78.9 Å². The number of rotatable bonds is 8. The van der Waals surface area contributed by atoms with Gasteiger partial charge in [-0.25, -0.2) is 9.69 Å². The van der Waals surface area contributed by atoms with Gasteiger partial charge in [-0.3, -0.25) is 24.5 Å². The fourth-order valence-electron chi connectivity index (χ4n) is 6.90. The predicted octanol–water partition coefficient (Wildman–Crippen LogP) is 5.64. The number of Topliss-reactive ketones (excluding diaryl/α,β-unsaturated/α-hetero) is 1. The summed E-state index contributed by atoms with van der Waals surface area (Å²) in [6, 6.07) is 16.1. The number of para-hydroxylation sites is 2. The summed E-state index contributed by atoms with van der Waals surface area (Å²) in [5.74, 6) is -1.66. The molecule has 0 aromatic heterocycles. The minimum atomic E-state index is -0.839. The molecular formula is C32H23ClN2O8. The van der Waals surface area contributed by atoms with Crippen LogP contribution in [0.2, 0.25) is 5.02 Å². The lowest BCUT2D eigenvalue weighted by atomic mass is 9.63. The number of nitro benzene ring substituents is 1. The summed E-state index contributed by atoms with van der Waals surface area (Å²) in [6.45, 7) is -0.589. The summed E-state index contributed by atoms with van der Waals surface area (Å²) in [5, 5.41) is 11.4.